The molecule has 0 N–H and O–H groups in total. The van der Waals surface area contributed by atoms with Crippen molar-refractivity contribution < 1.29 is 28.7 Å². The number of hydrogen-bond acceptors (Lipinski definition) is 6. The number of fused-ring (bicyclic) bond motifs is 4. The second-order valence-electron chi connectivity index (χ2n) is 8.20. The first-order chi connectivity index (χ1) is 14.6. The van der Waals surface area contributed by atoms with Gasteiger partial charge in [-0.3, -0.25) is 9.59 Å². The van der Waals surface area contributed by atoms with Crippen molar-refractivity contribution in [2.75, 3.05) is 6.61 Å². The number of ketones is 2. The fourth-order valence-electron chi connectivity index (χ4n) is 3.72. The molecule has 0 atom stereocenters. The lowest BCUT2D eigenvalue weighted by Gasteiger charge is -2.20. The molecule has 0 spiro atoms. The van der Waals surface area contributed by atoms with Gasteiger partial charge in [0.15, 0.2) is 5.78 Å². The average molecular weight is 419 g/mol. The first kappa shape index (κ1) is 20.5. The number of rotatable bonds is 3. The van der Waals surface area contributed by atoms with E-state index in [1.165, 1.54) is 22.7 Å². The maximum Gasteiger partial charge on any atom is 0.341 e. The van der Waals surface area contributed by atoms with E-state index in [0.29, 0.717) is 0 Å². The van der Waals surface area contributed by atoms with Crippen molar-refractivity contribution in [1.82, 2.24) is 4.40 Å². The molecule has 0 aliphatic heterocycles. The molecule has 4 rings (SSSR count). The van der Waals surface area contributed by atoms with Gasteiger partial charge in [0.05, 0.1) is 28.8 Å². The highest BCUT2D eigenvalue weighted by atomic mass is 16.6. The summed E-state index contributed by atoms with van der Waals surface area (Å²) in [5.41, 5.74) is 0.135. The minimum Gasteiger partial charge on any atom is -0.462 e. The van der Waals surface area contributed by atoms with E-state index >= 15 is 0 Å². The van der Waals surface area contributed by atoms with Crippen LogP contribution >= 0.6 is 0 Å². The summed E-state index contributed by atoms with van der Waals surface area (Å²) in [7, 11) is 0. The van der Waals surface area contributed by atoms with Gasteiger partial charge >= 0.3 is 11.9 Å². The van der Waals surface area contributed by atoms with Gasteiger partial charge in [-0.05, 0) is 39.8 Å². The molecule has 0 saturated heterocycles. The van der Waals surface area contributed by atoms with E-state index < -0.39 is 23.3 Å². The summed E-state index contributed by atoms with van der Waals surface area (Å²) in [5.74, 6) is -2.13. The molecule has 0 saturated carbocycles. The molecular weight excluding hydrogens is 398 g/mol. The van der Waals surface area contributed by atoms with Crippen LogP contribution in [0.15, 0.2) is 42.6 Å². The van der Waals surface area contributed by atoms with Crippen LogP contribution in [-0.2, 0) is 9.47 Å². The van der Waals surface area contributed by atoms with Gasteiger partial charge in [0.1, 0.15) is 11.3 Å². The topological polar surface area (TPSA) is 91.2 Å². The monoisotopic (exact) mass is 419 g/mol. The number of hydrogen-bond donors (Lipinski definition) is 0. The Morgan fingerprint density at radius 2 is 1.61 bits per heavy atom. The van der Waals surface area contributed by atoms with Crippen molar-refractivity contribution in [2.45, 2.75) is 33.3 Å². The van der Waals surface area contributed by atoms with Crippen LogP contribution in [0.2, 0.25) is 0 Å². The summed E-state index contributed by atoms with van der Waals surface area (Å²) in [6.07, 6.45) is 1.49. The van der Waals surface area contributed by atoms with E-state index in [2.05, 4.69) is 0 Å². The zero-order valence-electron chi connectivity index (χ0n) is 17.6. The zero-order chi connectivity index (χ0) is 22.5. The second kappa shape index (κ2) is 7.19. The fourth-order valence-corrected chi connectivity index (χ4v) is 3.72. The second-order valence-corrected chi connectivity index (χ2v) is 8.20. The van der Waals surface area contributed by atoms with Crippen LogP contribution in [0.3, 0.4) is 0 Å². The van der Waals surface area contributed by atoms with Gasteiger partial charge in [-0.2, -0.15) is 0 Å². The number of aromatic nitrogens is 1. The van der Waals surface area contributed by atoms with Crippen LogP contribution in [0.1, 0.15) is 80.4 Å². The van der Waals surface area contributed by atoms with Crippen molar-refractivity contribution in [3.63, 3.8) is 0 Å². The Hall–Kier alpha value is -3.74. The molecule has 31 heavy (non-hydrogen) atoms. The lowest BCUT2D eigenvalue weighted by Crippen LogP contribution is -2.26. The predicted octanol–water partition coefficient (Wildman–Crippen LogP) is 3.85. The summed E-state index contributed by atoms with van der Waals surface area (Å²) in [6.45, 7) is 7.01. The largest absolute Gasteiger partial charge is 0.462 e. The molecule has 2 heterocycles. The minimum absolute atomic E-state index is 0.0149. The number of benzene rings is 1. The van der Waals surface area contributed by atoms with E-state index in [4.69, 9.17) is 9.47 Å². The average Bonchev–Trinajstić information content (AvgIpc) is 3.06. The van der Waals surface area contributed by atoms with Crippen LogP contribution < -0.4 is 0 Å². The Labute approximate surface area is 178 Å². The number of carbonyl (C=O) groups is 4. The number of ether oxygens (including phenoxy) is 2. The summed E-state index contributed by atoms with van der Waals surface area (Å²) in [4.78, 5) is 52.1. The van der Waals surface area contributed by atoms with Gasteiger partial charge in [-0.15, -0.1) is 0 Å². The van der Waals surface area contributed by atoms with E-state index in [1.54, 1.807) is 52.0 Å². The van der Waals surface area contributed by atoms with Crippen LogP contribution in [0.25, 0.3) is 5.52 Å². The van der Waals surface area contributed by atoms with Crippen molar-refractivity contribution in [1.29, 1.82) is 0 Å². The predicted molar refractivity (Wildman–Crippen MR) is 112 cm³/mol. The van der Waals surface area contributed by atoms with Gasteiger partial charge in [-0.25, -0.2) is 9.59 Å². The van der Waals surface area contributed by atoms with Crippen molar-refractivity contribution >= 4 is 29.0 Å². The Morgan fingerprint density at radius 3 is 2.23 bits per heavy atom. The number of pyridine rings is 1. The van der Waals surface area contributed by atoms with E-state index in [-0.39, 0.29) is 51.4 Å². The minimum atomic E-state index is -0.823. The number of nitrogens with zero attached hydrogens (tertiary/aromatic N) is 1. The van der Waals surface area contributed by atoms with Crippen LogP contribution in [0, 0.1) is 0 Å². The summed E-state index contributed by atoms with van der Waals surface area (Å²) < 4.78 is 12.1. The highest BCUT2D eigenvalue weighted by molar-refractivity contribution is 6.31. The summed E-state index contributed by atoms with van der Waals surface area (Å²) in [6, 6.07) is 9.42. The van der Waals surface area contributed by atoms with Crippen LogP contribution in [0.5, 0.6) is 0 Å². The first-order valence-electron chi connectivity index (χ1n) is 9.91. The van der Waals surface area contributed by atoms with Crippen molar-refractivity contribution in [3.05, 3.63) is 76.1 Å². The highest BCUT2D eigenvalue weighted by Gasteiger charge is 2.39. The Kier molecular flexibility index (Phi) is 4.76. The smallest absolute Gasteiger partial charge is 0.341 e. The quantitative estimate of drug-likeness (QED) is 0.469. The van der Waals surface area contributed by atoms with Crippen molar-refractivity contribution in [3.8, 4) is 0 Å². The zero-order valence-corrected chi connectivity index (χ0v) is 17.6. The van der Waals surface area contributed by atoms with Gasteiger partial charge in [0, 0.05) is 17.3 Å². The Balaban J connectivity index is 2.04. The van der Waals surface area contributed by atoms with Gasteiger partial charge < -0.3 is 13.9 Å². The first-order valence-corrected chi connectivity index (χ1v) is 9.91. The van der Waals surface area contributed by atoms with E-state index in [9.17, 15) is 19.2 Å². The molecular formula is C24H21NO6. The van der Waals surface area contributed by atoms with Gasteiger partial charge in [0.2, 0.25) is 5.78 Å². The molecule has 0 radical (unpaired) electrons. The van der Waals surface area contributed by atoms with E-state index in [0.717, 1.165) is 0 Å². The molecule has 0 fully saturated rings. The van der Waals surface area contributed by atoms with E-state index in [1.807, 2.05) is 0 Å². The summed E-state index contributed by atoms with van der Waals surface area (Å²) in [5, 5.41) is 0. The standard InChI is InChI=1S/C24H21NO6/c1-5-30-22(28)13-10-11-25-16(12-13)17(23(29)31-24(2,3)4)18-19(25)21(27)15-9-7-6-8-14(15)20(18)26/h6-12H,5H2,1-4H3. The third-order valence-electron chi connectivity index (χ3n) is 4.91. The Bertz CT molecular complexity index is 1280. The lowest BCUT2D eigenvalue weighted by molar-refractivity contribution is 0.00700. The lowest BCUT2D eigenvalue weighted by atomic mass is 9.86. The number of esters is 2. The van der Waals surface area contributed by atoms with Gasteiger partial charge in [-0.1, -0.05) is 24.3 Å². The maximum atomic E-state index is 13.4. The molecule has 1 aromatic carbocycles. The normalized spacial score (nSPS) is 13.0. The fraction of sp³-hybridized carbons (Fsp3) is 0.250. The molecule has 7 heteroatoms. The van der Waals surface area contributed by atoms with Gasteiger partial charge in [0.25, 0.3) is 0 Å². The molecule has 0 unspecified atom stereocenters. The molecule has 0 amide bonds. The third-order valence-corrected chi connectivity index (χ3v) is 4.91. The molecule has 1 aliphatic carbocycles. The SMILES string of the molecule is CCOC(=O)c1ccn2c3c(c(C(=O)OC(C)(C)C)c2c1)C(=O)c1ccccc1C3=O. The summed E-state index contributed by atoms with van der Waals surface area (Å²) >= 11 is 0. The molecule has 1 aliphatic rings. The maximum absolute atomic E-state index is 13.4. The molecule has 7 nitrogen and oxygen atoms in total. The molecule has 3 aromatic rings. The highest BCUT2D eigenvalue weighted by Crippen LogP contribution is 2.35. The van der Waals surface area contributed by atoms with Crippen molar-refractivity contribution in [2.24, 2.45) is 0 Å². The molecule has 0 bridgehead atoms. The number of carbonyl (C=O) groups excluding carboxylic acids is 4. The Morgan fingerprint density at radius 1 is 0.968 bits per heavy atom. The van der Waals surface area contributed by atoms with Crippen LogP contribution in [-0.4, -0.2) is 40.1 Å². The van der Waals surface area contributed by atoms with Crippen LogP contribution in [0.4, 0.5) is 0 Å². The molecule has 158 valence electrons. The molecule has 2 aromatic heterocycles. The third kappa shape index (κ3) is 3.32.